The predicted molar refractivity (Wildman–Crippen MR) is 637 cm³/mol. The van der Waals surface area contributed by atoms with Crippen molar-refractivity contribution in [1.29, 1.82) is 0 Å². The number of aryl methyl sites for hydroxylation is 25. The molecule has 0 atom stereocenters. The van der Waals surface area contributed by atoms with E-state index in [2.05, 4.69) is 555 Å². The Hall–Kier alpha value is -9.78. The summed E-state index contributed by atoms with van der Waals surface area (Å²) in [5.41, 5.74) is 60.5. The van der Waals surface area contributed by atoms with Crippen molar-refractivity contribution in [3.63, 3.8) is 0 Å². The van der Waals surface area contributed by atoms with Crippen molar-refractivity contribution in [3.05, 3.63) is 472 Å². The van der Waals surface area contributed by atoms with E-state index in [-0.39, 0.29) is 44.6 Å². The SMILES string of the molecule is C.C.C.C.C.C.CCc1cc(C)c(C)c(C)c1.Cc1c(C)c(Br)c(-c2c(Br)c(C)c(C)c(C)c2Br)c(Br)c1C.Cc1cc(-c2cc(C)c(C)c(C)c2)cc(C)c1C.Cc1cc(C)c(C)c(C)c1.Cc1ccc(-c2ccc(C)c(C)c2)cc1C.Cc1ccc(-c2ccc(C)cc2)cc1.Cc1ccc(C)c(C)c1.Cc1ccc(C)cc1.Cc1ccc(Cc2ccc(C)cc2)cc1.Cc1cccc(C)c1. The Morgan fingerprint density at radius 3 is 0.599 bits per heavy atom. The molecule has 0 N–H and O–H groups in total. The third-order valence-electron chi connectivity index (χ3n) is 25.8. The summed E-state index contributed by atoms with van der Waals surface area (Å²) in [4.78, 5) is 0. The molecule has 0 saturated carbocycles. The second-order valence-electron chi connectivity index (χ2n) is 36.8. The van der Waals surface area contributed by atoms with Gasteiger partial charge in [-0.3, -0.25) is 0 Å². The van der Waals surface area contributed by atoms with Crippen LogP contribution in [0.1, 0.15) is 257 Å². The Morgan fingerprint density at radius 1 is 0.153 bits per heavy atom. The molecule has 0 aliphatic carbocycles. The molecule has 0 heterocycles. The highest BCUT2D eigenvalue weighted by molar-refractivity contribution is 9.11. The van der Waals surface area contributed by atoms with Crippen LogP contribution in [0.3, 0.4) is 0 Å². The van der Waals surface area contributed by atoms with Crippen molar-refractivity contribution in [3.8, 4) is 44.5 Å². The molecular formula is C133H174Br4. The van der Waals surface area contributed by atoms with E-state index >= 15 is 0 Å². The lowest BCUT2D eigenvalue weighted by molar-refractivity contribution is 1.11. The van der Waals surface area contributed by atoms with Crippen LogP contribution < -0.4 is 0 Å². The highest BCUT2D eigenvalue weighted by Crippen LogP contribution is 2.49. The van der Waals surface area contributed by atoms with E-state index in [0.29, 0.717) is 0 Å². The normalized spacial score (nSPS) is 9.86. The van der Waals surface area contributed by atoms with Gasteiger partial charge in [-0.25, -0.2) is 0 Å². The van der Waals surface area contributed by atoms with Crippen LogP contribution in [0.2, 0.25) is 0 Å². The van der Waals surface area contributed by atoms with Crippen LogP contribution in [-0.4, -0.2) is 0 Å². The van der Waals surface area contributed by atoms with Crippen LogP contribution in [0.15, 0.2) is 267 Å². The van der Waals surface area contributed by atoms with Gasteiger partial charge in [0.25, 0.3) is 0 Å². The van der Waals surface area contributed by atoms with Gasteiger partial charge in [0.2, 0.25) is 0 Å². The fourth-order valence-corrected chi connectivity index (χ4v) is 18.2. The van der Waals surface area contributed by atoms with Crippen molar-refractivity contribution < 1.29 is 0 Å². The second kappa shape index (κ2) is 60.9. The summed E-state index contributed by atoms with van der Waals surface area (Å²) < 4.78 is 4.58. The fraction of sp³-hybridized carbons (Fsp3) is 0.323. The Morgan fingerprint density at radius 2 is 0.358 bits per heavy atom. The molecule has 0 nitrogen and oxygen atoms in total. The molecule has 4 heteroatoms. The lowest BCUT2D eigenvalue weighted by atomic mass is 9.92. The van der Waals surface area contributed by atoms with E-state index in [9.17, 15) is 0 Å². The number of hydrogen-bond donors (Lipinski definition) is 0. The minimum Gasteiger partial charge on any atom is -0.0776 e. The standard InChI is InChI=1S/C18H18Br4.C18H22.C16H18.C15H16.C14H14.C11H16.C10H14.C9H12.2C8H10.6CH4/c1-7-9(3)15(19)13(16(20)10(7)4)14-17(21)11(5)8(2)12(6)18(14)22;1-11-7-17(8-12(2)15(11)5)18-9-13(3)16(6)14(4)10-18;1-11-5-7-15(9-13(11)3)16-8-6-12(2)14(4)10-16;1-12-3-7-14(8-4-12)11-15-9-5-13(2)6-10-15;1-11-3-7-13(8-4-11)14-9-5-12(2)6-10-14;1-5-11-6-8(2)10(4)9(3)7-11;1-7-5-8(2)10(4)9(3)6-7;1-7-4-5-8(2)9(3)6-7;1-7-3-5-8(2)6-4-7;1-7-4-3-5-8(2)6-7;;;;;;/h1-6H3;7-10H,1-6H3;5-10H,1-4H3;3-10H,11H2,1-2H3;3-10H,1-2H3;6-7H,5H2,1-4H3;5-6H,1-4H3;4-6H,1-3H3;2*3-6H,1-2H3;6*1H4. The van der Waals surface area contributed by atoms with Crippen LogP contribution in [0.4, 0.5) is 0 Å². The summed E-state index contributed by atoms with van der Waals surface area (Å²) >= 11 is 15.3. The molecule has 0 aliphatic heterocycles. The smallest absolute Gasteiger partial charge is 0.0297 e. The molecule has 0 saturated heterocycles. The first kappa shape index (κ1) is 127. The lowest BCUT2D eigenvalue weighted by Crippen LogP contribution is -1.99. The Kier molecular flexibility index (Phi) is 56.6. The quantitative estimate of drug-likeness (QED) is 0.149. The number of halogens is 4. The molecule has 15 rings (SSSR count). The van der Waals surface area contributed by atoms with E-state index in [1.54, 1.807) is 0 Å². The van der Waals surface area contributed by atoms with Crippen molar-refractivity contribution >= 4 is 63.7 Å². The van der Waals surface area contributed by atoms with E-state index in [1.807, 2.05) is 0 Å². The highest BCUT2D eigenvalue weighted by atomic mass is 79.9. The molecule has 0 amide bonds. The molecule has 15 aromatic rings. The van der Waals surface area contributed by atoms with E-state index in [0.717, 1.165) is 30.7 Å². The largest absolute Gasteiger partial charge is 0.0776 e. The first-order chi connectivity index (χ1) is 61.6. The minimum absolute atomic E-state index is 0. The predicted octanol–water partition coefficient (Wildman–Crippen LogP) is 43.0. The van der Waals surface area contributed by atoms with Gasteiger partial charge in [0.05, 0.1) is 0 Å². The summed E-state index contributed by atoms with van der Waals surface area (Å²) in [6, 6.07) is 89.7. The van der Waals surface area contributed by atoms with Crippen LogP contribution >= 0.6 is 63.7 Å². The molecule has 0 bridgehead atoms. The van der Waals surface area contributed by atoms with Gasteiger partial charge >= 0.3 is 0 Å². The molecule has 0 aliphatic rings. The average Bonchev–Trinajstić information content (AvgIpc) is 0.748. The minimum atomic E-state index is 0. The maximum Gasteiger partial charge on any atom is 0.0297 e. The van der Waals surface area contributed by atoms with Gasteiger partial charge in [-0.15, -0.1) is 0 Å². The third kappa shape index (κ3) is 39.1. The Labute approximate surface area is 872 Å². The first-order valence-electron chi connectivity index (χ1n) is 46.3. The number of hydrogen-bond acceptors (Lipinski definition) is 0. The zero-order chi connectivity index (χ0) is 97.7. The molecule has 0 unspecified atom stereocenters. The van der Waals surface area contributed by atoms with E-state index in [1.165, 1.54) is 250 Å². The zero-order valence-corrected chi connectivity index (χ0v) is 92.4. The van der Waals surface area contributed by atoms with Crippen molar-refractivity contribution in [1.82, 2.24) is 0 Å². The van der Waals surface area contributed by atoms with Gasteiger partial charge in [0.15, 0.2) is 0 Å². The highest BCUT2D eigenvalue weighted by Gasteiger charge is 2.24. The zero-order valence-electron chi connectivity index (χ0n) is 86.1. The van der Waals surface area contributed by atoms with Gasteiger partial charge in [-0.2, -0.15) is 0 Å². The first-order valence-corrected chi connectivity index (χ1v) is 49.5. The maximum atomic E-state index is 3.82. The van der Waals surface area contributed by atoms with Gasteiger partial charge in [0.1, 0.15) is 0 Å². The van der Waals surface area contributed by atoms with Gasteiger partial charge < -0.3 is 0 Å². The summed E-state index contributed by atoms with van der Waals surface area (Å²) in [5.74, 6) is 0. The molecule has 0 radical (unpaired) electrons. The molecule has 137 heavy (non-hydrogen) atoms. The number of benzene rings is 15. The van der Waals surface area contributed by atoms with Crippen LogP contribution in [-0.2, 0) is 12.8 Å². The lowest BCUT2D eigenvalue weighted by Gasteiger charge is -2.22. The summed E-state index contributed by atoms with van der Waals surface area (Å²) in [6.07, 6.45) is 2.17. The van der Waals surface area contributed by atoms with E-state index in [4.69, 9.17) is 0 Å². The molecule has 15 aromatic carbocycles. The van der Waals surface area contributed by atoms with Gasteiger partial charge in [0, 0.05) is 29.0 Å². The van der Waals surface area contributed by atoms with Crippen molar-refractivity contribution in [2.24, 2.45) is 0 Å². The molecule has 0 fully saturated rings. The Balaban J connectivity index is 0.00000151. The molecule has 734 valence electrons. The maximum absolute atomic E-state index is 3.82. The average molecular weight is 2090 g/mol. The van der Waals surface area contributed by atoms with Crippen molar-refractivity contribution in [2.45, 2.75) is 300 Å². The molecule has 0 aromatic heterocycles. The Bertz CT molecular complexity index is 5830. The summed E-state index contributed by atoms with van der Waals surface area (Å²) in [6.45, 7) is 75.4. The monoisotopic (exact) mass is 2090 g/mol. The third-order valence-corrected chi connectivity index (χ3v) is 29.8. The van der Waals surface area contributed by atoms with Crippen LogP contribution in [0, 0.1) is 235 Å². The van der Waals surface area contributed by atoms with Gasteiger partial charge in [-0.05, 0) is 496 Å². The number of rotatable bonds is 7. The fourth-order valence-electron chi connectivity index (χ4n) is 14.9. The van der Waals surface area contributed by atoms with Crippen molar-refractivity contribution in [2.75, 3.05) is 0 Å². The van der Waals surface area contributed by atoms with Crippen LogP contribution in [0.5, 0.6) is 0 Å². The molecular weight excluding hydrogens is 1920 g/mol. The van der Waals surface area contributed by atoms with Gasteiger partial charge in [-0.1, -0.05) is 356 Å². The summed E-state index contributed by atoms with van der Waals surface area (Å²) in [5, 5.41) is 0. The summed E-state index contributed by atoms with van der Waals surface area (Å²) in [7, 11) is 0. The second-order valence-corrected chi connectivity index (χ2v) is 40.0. The van der Waals surface area contributed by atoms with E-state index < -0.39 is 0 Å². The molecule has 0 spiro atoms. The van der Waals surface area contributed by atoms with Crippen LogP contribution in [0.25, 0.3) is 44.5 Å². The topological polar surface area (TPSA) is 0 Å².